The number of aromatic nitrogens is 2. The summed E-state index contributed by atoms with van der Waals surface area (Å²) in [5.41, 5.74) is 3.04. The van der Waals surface area contributed by atoms with E-state index >= 15 is 0 Å². The molecule has 6 rings (SSSR count). The maximum absolute atomic E-state index is 13.8. The summed E-state index contributed by atoms with van der Waals surface area (Å²) in [6.45, 7) is 0. The van der Waals surface area contributed by atoms with Crippen molar-refractivity contribution in [2.75, 3.05) is 14.2 Å². The molecule has 0 saturated carbocycles. The smallest absolute Gasteiger partial charge is 0.265 e. The van der Waals surface area contributed by atoms with Gasteiger partial charge in [-0.2, -0.15) is 0 Å². The number of ether oxygens (including phenoxy) is 2. The van der Waals surface area contributed by atoms with E-state index in [1.165, 1.54) is 8.80 Å². The fourth-order valence-corrected chi connectivity index (χ4v) is 5.56. The lowest BCUT2D eigenvalue weighted by Gasteiger charge is -2.09. The number of pyridine rings is 2. The van der Waals surface area contributed by atoms with Crippen LogP contribution >= 0.6 is 23.2 Å². The van der Waals surface area contributed by atoms with E-state index in [1.807, 2.05) is 72.8 Å². The summed E-state index contributed by atoms with van der Waals surface area (Å²) in [5.74, 6) is 1.45. The van der Waals surface area contributed by atoms with Gasteiger partial charge >= 0.3 is 0 Å². The lowest BCUT2D eigenvalue weighted by molar-refractivity contribution is 0.414. The topological polar surface area (TPSA) is 61.4 Å². The minimum absolute atomic E-state index is 0.0883. The predicted octanol–water partition coefficient (Wildman–Crippen LogP) is 7.17. The maximum atomic E-state index is 13.8. The molecule has 0 N–H and O–H groups in total. The molecule has 6 nitrogen and oxygen atoms in total. The van der Waals surface area contributed by atoms with Gasteiger partial charge in [-0.15, -0.1) is 0 Å². The second-order valence-electron chi connectivity index (χ2n) is 9.17. The van der Waals surface area contributed by atoms with Crippen molar-refractivity contribution in [2.45, 2.75) is 0 Å². The normalized spacial score (nSPS) is 12.0. The monoisotopic (exact) mass is 568 g/mol. The standard InChI is InChI=1S/C32H22Cl2N2O4/c1-39-23-7-3-5-19(17-23)9-11-21-13-15-25-29(33)28-27(31(37)35(21)25)30(34)26-16-14-22(36(26)32(28)38)12-10-20-6-4-8-24(18-20)40-2/h3-18H,1-2H3/b11-9+,12-10+. The van der Waals surface area contributed by atoms with E-state index in [-0.39, 0.29) is 20.8 Å². The van der Waals surface area contributed by atoms with Crippen LogP contribution in [-0.2, 0) is 0 Å². The molecule has 0 bridgehead atoms. The van der Waals surface area contributed by atoms with Gasteiger partial charge in [0.1, 0.15) is 11.5 Å². The number of hydrogen-bond donors (Lipinski definition) is 0. The first kappa shape index (κ1) is 25.7. The zero-order valence-corrected chi connectivity index (χ0v) is 23.0. The van der Waals surface area contributed by atoms with Crippen molar-refractivity contribution < 1.29 is 9.47 Å². The second kappa shape index (κ2) is 10.2. The van der Waals surface area contributed by atoms with Gasteiger partial charge in [0, 0.05) is 11.4 Å². The zero-order valence-electron chi connectivity index (χ0n) is 21.5. The number of methoxy groups -OCH3 is 2. The number of hydrogen-bond acceptors (Lipinski definition) is 4. The average Bonchev–Trinajstić information content (AvgIpc) is 3.61. The molecule has 0 atom stereocenters. The van der Waals surface area contributed by atoms with Crippen LogP contribution in [0.4, 0.5) is 0 Å². The highest BCUT2D eigenvalue weighted by molar-refractivity contribution is 6.43. The van der Waals surface area contributed by atoms with Crippen molar-refractivity contribution in [3.05, 3.63) is 126 Å². The van der Waals surface area contributed by atoms with E-state index in [0.717, 1.165) is 22.6 Å². The lowest BCUT2D eigenvalue weighted by atomic mass is 10.1. The summed E-state index contributed by atoms with van der Waals surface area (Å²) < 4.78 is 13.5. The lowest BCUT2D eigenvalue weighted by Crippen LogP contribution is -2.22. The van der Waals surface area contributed by atoms with Crippen LogP contribution in [-0.4, -0.2) is 23.0 Å². The highest BCUT2D eigenvalue weighted by Crippen LogP contribution is 2.32. The molecule has 0 aliphatic heterocycles. The molecule has 2 aromatic carbocycles. The van der Waals surface area contributed by atoms with Crippen LogP contribution in [0, 0.1) is 0 Å². The molecule has 40 heavy (non-hydrogen) atoms. The first-order chi connectivity index (χ1) is 19.4. The van der Waals surface area contributed by atoms with Crippen molar-refractivity contribution >= 4 is 69.3 Å². The molecule has 0 radical (unpaired) electrons. The van der Waals surface area contributed by atoms with Gasteiger partial charge in [0.15, 0.2) is 0 Å². The molecular formula is C32H22Cl2N2O4. The van der Waals surface area contributed by atoms with Crippen molar-refractivity contribution in [1.29, 1.82) is 0 Å². The Morgan fingerprint density at radius 3 is 1.43 bits per heavy atom. The number of halogens is 2. The Bertz CT molecular complexity index is 1960. The van der Waals surface area contributed by atoms with Crippen molar-refractivity contribution in [3.8, 4) is 11.5 Å². The zero-order chi connectivity index (χ0) is 28.0. The summed E-state index contributed by atoms with van der Waals surface area (Å²) in [5, 5.41) is 0.511. The Labute approximate surface area is 238 Å². The third kappa shape index (κ3) is 4.22. The number of rotatable bonds is 6. The number of nitrogens with zero attached hydrogens (tertiary/aromatic N) is 2. The molecule has 6 aromatic rings. The quantitative estimate of drug-likeness (QED) is 0.214. The SMILES string of the molecule is COc1cccc(/C=C/c2ccc3c(Cl)c4c(=O)n5c(/C=C/c6cccc(OC)c6)ccc5c(Cl)c4c(=O)n23)c1. The van der Waals surface area contributed by atoms with Crippen LogP contribution in [0.15, 0.2) is 82.4 Å². The van der Waals surface area contributed by atoms with Gasteiger partial charge in [-0.05, 0) is 71.8 Å². The van der Waals surface area contributed by atoms with Crippen LogP contribution in [0.3, 0.4) is 0 Å². The first-order valence-corrected chi connectivity index (χ1v) is 13.1. The van der Waals surface area contributed by atoms with E-state index in [1.54, 1.807) is 38.5 Å². The minimum atomic E-state index is -0.413. The van der Waals surface area contributed by atoms with Gasteiger partial charge in [0.05, 0.1) is 46.1 Å². The molecule has 198 valence electrons. The molecule has 0 amide bonds. The molecule has 4 aromatic heterocycles. The van der Waals surface area contributed by atoms with Crippen LogP contribution in [0.1, 0.15) is 22.5 Å². The van der Waals surface area contributed by atoms with Crippen molar-refractivity contribution in [2.24, 2.45) is 0 Å². The number of fused-ring (bicyclic) bond motifs is 3. The minimum Gasteiger partial charge on any atom is -0.497 e. The predicted molar refractivity (Wildman–Crippen MR) is 163 cm³/mol. The van der Waals surface area contributed by atoms with E-state index in [0.29, 0.717) is 22.4 Å². The molecule has 0 unspecified atom stereocenters. The first-order valence-electron chi connectivity index (χ1n) is 12.4. The molecule has 0 aliphatic rings. The van der Waals surface area contributed by atoms with E-state index in [9.17, 15) is 9.59 Å². The van der Waals surface area contributed by atoms with E-state index in [4.69, 9.17) is 32.7 Å². The largest absolute Gasteiger partial charge is 0.497 e. The van der Waals surface area contributed by atoms with Gasteiger partial charge in [-0.1, -0.05) is 59.6 Å². The third-order valence-electron chi connectivity index (χ3n) is 6.88. The number of benzene rings is 2. The van der Waals surface area contributed by atoms with Crippen molar-refractivity contribution in [3.63, 3.8) is 0 Å². The molecule has 0 fully saturated rings. The van der Waals surface area contributed by atoms with Gasteiger partial charge in [-0.25, -0.2) is 0 Å². The average molecular weight is 569 g/mol. The molecular weight excluding hydrogens is 547 g/mol. The van der Waals surface area contributed by atoms with E-state index < -0.39 is 11.1 Å². The summed E-state index contributed by atoms with van der Waals surface area (Å²) in [6.07, 6.45) is 7.38. The van der Waals surface area contributed by atoms with Crippen LogP contribution in [0.5, 0.6) is 11.5 Å². The Kier molecular flexibility index (Phi) is 6.58. The Hall–Kier alpha value is -4.52. The van der Waals surface area contributed by atoms with Gasteiger partial charge in [0.2, 0.25) is 0 Å². The highest BCUT2D eigenvalue weighted by Gasteiger charge is 2.22. The summed E-state index contributed by atoms with van der Waals surface area (Å²) >= 11 is 13.6. The third-order valence-corrected chi connectivity index (χ3v) is 7.64. The molecule has 0 saturated heterocycles. The fourth-order valence-electron chi connectivity index (χ4n) is 4.92. The van der Waals surface area contributed by atoms with Crippen LogP contribution in [0.25, 0.3) is 46.1 Å². The van der Waals surface area contributed by atoms with Gasteiger partial charge < -0.3 is 9.47 Å². The molecule has 8 heteroatoms. The summed E-state index contributed by atoms with van der Waals surface area (Å²) in [7, 11) is 3.21. The Balaban J connectivity index is 1.52. The summed E-state index contributed by atoms with van der Waals surface area (Å²) in [4.78, 5) is 27.6. The molecule has 0 spiro atoms. The summed E-state index contributed by atoms with van der Waals surface area (Å²) in [6, 6.07) is 22.1. The maximum Gasteiger partial charge on any atom is 0.265 e. The van der Waals surface area contributed by atoms with Gasteiger partial charge in [-0.3, -0.25) is 18.4 Å². The van der Waals surface area contributed by atoms with Crippen LogP contribution in [0.2, 0.25) is 10.0 Å². The fraction of sp³-hybridized carbons (Fsp3) is 0.0625. The molecule has 0 aliphatic carbocycles. The van der Waals surface area contributed by atoms with E-state index in [2.05, 4.69) is 0 Å². The van der Waals surface area contributed by atoms with Crippen molar-refractivity contribution in [1.82, 2.24) is 8.80 Å². The highest BCUT2D eigenvalue weighted by atomic mass is 35.5. The van der Waals surface area contributed by atoms with Gasteiger partial charge in [0.25, 0.3) is 11.1 Å². The Morgan fingerprint density at radius 1 is 0.600 bits per heavy atom. The Morgan fingerprint density at radius 2 is 1.02 bits per heavy atom. The second-order valence-corrected chi connectivity index (χ2v) is 9.92. The van der Waals surface area contributed by atoms with Crippen LogP contribution < -0.4 is 20.6 Å². The molecule has 4 heterocycles.